The average Bonchev–Trinajstić information content (AvgIpc) is 2.52. The lowest BCUT2D eigenvalue weighted by molar-refractivity contribution is -0.160. The molecule has 0 spiro atoms. The molecule has 0 saturated carbocycles. The first-order valence-electron chi connectivity index (χ1n) is 7.40. The third-order valence-electron chi connectivity index (χ3n) is 3.51. The third-order valence-corrected chi connectivity index (χ3v) is 5.13. The summed E-state index contributed by atoms with van der Waals surface area (Å²) in [5.74, 6) is 0.634. The molecule has 1 aromatic carbocycles. The second-order valence-corrected chi connectivity index (χ2v) is 6.93. The van der Waals surface area contributed by atoms with Crippen molar-refractivity contribution in [3.8, 4) is 5.75 Å². The SMILES string of the molecule is COc1ccc(S(=O)(=O)NCCOC2CCCCO2)c(C)c1. The number of ether oxygens (including phenoxy) is 3. The van der Waals surface area contributed by atoms with Gasteiger partial charge in [-0.05, 0) is 49.9 Å². The summed E-state index contributed by atoms with van der Waals surface area (Å²) in [6.07, 6.45) is 2.80. The van der Waals surface area contributed by atoms with E-state index in [-0.39, 0.29) is 17.7 Å². The highest BCUT2D eigenvalue weighted by molar-refractivity contribution is 7.89. The largest absolute Gasteiger partial charge is 0.497 e. The molecule has 1 aliphatic heterocycles. The fourth-order valence-corrected chi connectivity index (χ4v) is 3.57. The molecule has 6 nitrogen and oxygen atoms in total. The van der Waals surface area contributed by atoms with Gasteiger partial charge in [-0.15, -0.1) is 0 Å². The van der Waals surface area contributed by atoms with E-state index in [0.717, 1.165) is 19.3 Å². The van der Waals surface area contributed by atoms with Crippen molar-refractivity contribution < 1.29 is 22.6 Å². The van der Waals surface area contributed by atoms with Crippen LogP contribution in [0.15, 0.2) is 23.1 Å². The smallest absolute Gasteiger partial charge is 0.240 e. The Hall–Kier alpha value is -1.15. The van der Waals surface area contributed by atoms with Crippen LogP contribution in [0.1, 0.15) is 24.8 Å². The second kappa shape index (κ2) is 7.92. The molecule has 0 amide bonds. The predicted molar refractivity (Wildman–Crippen MR) is 82.5 cm³/mol. The normalized spacial score (nSPS) is 19.1. The van der Waals surface area contributed by atoms with Crippen LogP contribution in [0.25, 0.3) is 0 Å². The summed E-state index contributed by atoms with van der Waals surface area (Å²) >= 11 is 0. The third kappa shape index (κ3) is 4.67. The fraction of sp³-hybridized carbons (Fsp3) is 0.600. The Morgan fingerprint density at radius 1 is 1.36 bits per heavy atom. The molecule has 22 heavy (non-hydrogen) atoms. The number of nitrogens with one attached hydrogen (secondary N) is 1. The Morgan fingerprint density at radius 2 is 2.18 bits per heavy atom. The van der Waals surface area contributed by atoms with Gasteiger partial charge in [0, 0.05) is 13.2 Å². The van der Waals surface area contributed by atoms with E-state index >= 15 is 0 Å². The van der Waals surface area contributed by atoms with Crippen LogP contribution in [0.5, 0.6) is 5.75 Å². The summed E-state index contributed by atoms with van der Waals surface area (Å²) in [4.78, 5) is 0.252. The Balaban J connectivity index is 1.85. The first-order valence-corrected chi connectivity index (χ1v) is 8.89. The van der Waals surface area contributed by atoms with Gasteiger partial charge in [-0.1, -0.05) is 0 Å². The van der Waals surface area contributed by atoms with Gasteiger partial charge in [0.05, 0.1) is 18.6 Å². The lowest BCUT2D eigenvalue weighted by Gasteiger charge is -2.22. The molecule has 1 heterocycles. The number of rotatable bonds is 7. The summed E-state index contributed by atoms with van der Waals surface area (Å²) < 4.78 is 43.1. The van der Waals surface area contributed by atoms with Crippen LogP contribution in [-0.2, 0) is 19.5 Å². The zero-order valence-electron chi connectivity index (χ0n) is 13.0. The Bertz CT molecular complexity index is 582. The van der Waals surface area contributed by atoms with E-state index in [1.54, 1.807) is 32.2 Å². The van der Waals surface area contributed by atoms with Crippen LogP contribution in [-0.4, -0.2) is 41.6 Å². The molecule has 1 aromatic rings. The predicted octanol–water partition coefficient (Wildman–Crippen LogP) is 1.83. The molecule has 1 unspecified atom stereocenters. The lowest BCUT2D eigenvalue weighted by Crippen LogP contribution is -2.31. The zero-order valence-corrected chi connectivity index (χ0v) is 13.8. The van der Waals surface area contributed by atoms with E-state index in [1.807, 2.05) is 0 Å². The van der Waals surface area contributed by atoms with Gasteiger partial charge < -0.3 is 14.2 Å². The fourth-order valence-electron chi connectivity index (χ4n) is 2.34. The van der Waals surface area contributed by atoms with E-state index in [9.17, 15) is 8.42 Å². The van der Waals surface area contributed by atoms with Gasteiger partial charge >= 0.3 is 0 Å². The van der Waals surface area contributed by atoms with Crippen molar-refractivity contribution in [2.24, 2.45) is 0 Å². The number of methoxy groups -OCH3 is 1. The lowest BCUT2D eigenvalue weighted by atomic mass is 10.2. The van der Waals surface area contributed by atoms with E-state index in [1.165, 1.54) is 0 Å². The molecule has 1 atom stereocenters. The molecule has 1 aliphatic rings. The Morgan fingerprint density at radius 3 is 2.82 bits per heavy atom. The van der Waals surface area contributed by atoms with Gasteiger partial charge in [-0.2, -0.15) is 0 Å². The highest BCUT2D eigenvalue weighted by Gasteiger charge is 2.18. The molecule has 0 bridgehead atoms. The first kappa shape index (κ1) is 17.2. The summed E-state index contributed by atoms with van der Waals surface area (Å²) in [6.45, 7) is 2.96. The van der Waals surface area contributed by atoms with Crippen LogP contribution in [0.4, 0.5) is 0 Å². The molecule has 1 saturated heterocycles. The van der Waals surface area contributed by atoms with Crippen LogP contribution >= 0.6 is 0 Å². The van der Waals surface area contributed by atoms with Crippen LogP contribution in [0.2, 0.25) is 0 Å². The van der Waals surface area contributed by atoms with Crippen molar-refractivity contribution in [1.82, 2.24) is 4.72 Å². The van der Waals surface area contributed by atoms with E-state index in [4.69, 9.17) is 14.2 Å². The number of hydrogen-bond acceptors (Lipinski definition) is 5. The molecular formula is C15H23NO5S. The summed E-state index contributed by atoms with van der Waals surface area (Å²) in [5.41, 5.74) is 0.642. The molecule has 0 radical (unpaired) electrons. The Kier molecular flexibility index (Phi) is 6.19. The summed E-state index contributed by atoms with van der Waals surface area (Å²) in [6, 6.07) is 4.87. The summed E-state index contributed by atoms with van der Waals surface area (Å²) in [5, 5.41) is 0. The maximum atomic E-state index is 12.3. The van der Waals surface area contributed by atoms with Gasteiger partial charge in [0.15, 0.2) is 6.29 Å². The molecule has 7 heteroatoms. The maximum absolute atomic E-state index is 12.3. The van der Waals surface area contributed by atoms with Crippen molar-refractivity contribution in [2.45, 2.75) is 37.4 Å². The first-order chi connectivity index (χ1) is 10.5. The van der Waals surface area contributed by atoms with Gasteiger partial charge in [-0.25, -0.2) is 13.1 Å². The average molecular weight is 329 g/mol. The van der Waals surface area contributed by atoms with Crippen molar-refractivity contribution in [2.75, 3.05) is 26.9 Å². The van der Waals surface area contributed by atoms with Crippen molar-refractivity contribution in [3.63, 3.8) is 0 Å². The van der Waals surface area contributed by atoms with Gasteiger partial charge in [0.1, 0.15) is 5.75 Å². The molecule has 1 N–H and O–H groups in total. The van der Waals surface area contributed by atoms with Crippen LogP contribution in [0, 0.1) is 6.92 Å². The molecule has 0 aliphatic carbocycles. The van der Waals surface area contributed by atoms with E-state index in [0.29, 0.717) is 24.5 Å². The van der Waals surface area contributed by atoms with Crippen molar-refractivity contribution in [3.05, 3.63) is 23.8 Å². The minimum atomic E-state index is -3.55. The summed E-state index contributed by atoms with van der Waals surface area (Å²) in [7, 11) is -2.00. The molecular weight excluding hydrogens is 306 g/mol. The van der Waals surface area contributed by atoms with Gasteiger partial charge in [0.25, 0.3) is 0 Å². The molecule has 124 valence electrons. The number of aryl methyl sites for hydroxylation is 1. The highest BCUT2D eigenvalue weighted by atomic mass is 32.2. The number of hydrogen-bond donors (Lipinski definition) is 1. The minimum absolute atomic E-state index is 0.207. The standard InChI is InChI=1S/C15H23NO5S/c1-12-11-13(19-2)6-7-14(12)22(17,18)16-8-10-21-15-5-3-4-9-20-15/h6-7,11,15-16H,3-5,8-10H2,1-2H3. The van der Waals surface area contributed by atoms with E-state index < -0.39 is 10.0 Å². The Labute approximate surface area is 131 Å². The number of sulfonamides is 1. The molecule has 2 rings (SSSR count). The minimum Gasteiger partial charge on any atom is -0.497 e. The van der Waals surface area contributed by atoms with Crippen LogP contribution in [0.3, 0.4) is 0 Å². The number of benzene rings is 1. The van der Waals surface area contributed by atoms with Crippen molar-refractivity contribution >= 4 is 10.0 Å². The van der Waals surface area contributed by atoms with Crippen molar-refractivity contribution in [1.29, 1.82) is 0 Å². The maximum Gasteiger partial charge on any atom is 0.240 e. The topological polar surface area (TPSA) is 73.9 Å². The van der Waals surface area contributed by atoms with Crippen LogP contribution < -0.4 is 9.46 Å². The molecule has 1 fully saturated rings. The molecule has 0 aromatic heterocycles. The quantitative estimate of drug-likeness (QED) is 0.773. The van der Waals surface area contributed by atoms with E-state index in [2.05, 4.69) is 4.72 Å². The monoisotopic (exact) mass is 329 g/mol. The zero-order chi connectivity index (χ0) is 16.0. The second-order valence-electron chi connectivity index (χ2n) is 5.20. The highest BCUT2D eigenvalue weighted by Crippen LogP contribution is 2.20. The van der Waals surface area contributed by atoms with Gasteiger partial charge in [0.2, 0.25) is 10.0 Å². The van der Waals surface area contributed by atoms with Gasteiger partial charge in [-0.3, -0.25) is 0 Å².